The highest BCUT2D eigenvalue weighted by Crippen LogP contribution is 2.33. The minimum atomic E-state index is 0.256. The molecule has 3 aromatic rings. The second kappa shape index (κ2) is 4.74. The van der Waals surface area contributed by atoms with Gasteiger partial charge in [-0.15, -0.1) is 0 Å². The molecule has 0 amide bonds. The van der Waals surface area contributed by atoms with Gasteiger partial charge in [-0.3, -0.25) is 4.98 Å². The van der Waals surface area contributed by atoms with Gasteiger partial charge in [-0.05, 0) is 17.2 Å². The first-order valence-electron chi connectivity index (χ1n) is 7.09. The SMILES string of the molecule is Cn1cc(C2Cc3nccnc3N2)cc1-c1ccccc1. The maximum Gasteiger partial charge on any atom is 0.148 e. The number of anilines is 1. The molecule has 1 aliphatic heterocycles. The van der Waals surface area contributed by atoms with E-state index in [-0.39, 0.29) is 6.04 Å². The first-order valence-corrected chi connectivity index (χ1v) is 7.09. The average Bonchev–Trinajstić information content (AvgIpc) is 3.11. The summed E-state index contributed by atoms with van der Waals surface area (Å²) in [7, 11) is 2.09. The van der Waals surface area contributed by atoms with Gasteiger partial charge in [-0.2, -0.15) is 0 Å². The fourth-order valence-corrected chi connectivity index (χ4v) is 2.92. The summed E-state index contributed by atoms with van der Waals surface area (Å²) in [4.78, 5) is 8.73. The van der Waals surface area contributed by atoms with Gasteiger partial charge in [0, 0.05) is 37.8 Å². The first kappa shape index (κ1) is 12.1. The monoisotopic (exact) mass is 276 g/mol. The summed E-state index contributed by atoms with van der Waals surface area (Å²) in [5.41, 5.74) is 4.78. The van der Waals surface area contributed by atoms with Crippen LogP contribution in [0, 0.1) is 0 Å². The molecule has 1 unspecified atom stereocenters. The molecule has 104 valence electrons. The van der Waals surface area contributed by atoms with Crippen LogP contribution in [-0.4, -0.2) is 14.5 Å². The molecule has 1 atom stereocenters. The molecular formula is C17H16N4. The van der Waals surface area contributed by atoms with Crippen LogP contribution in [-0.2, 0) is 13.5 Å². The van der Waals surface area contributed by atoms with E-state index in [0.717, 1.165) is 17.9 Å². The first-order chi connectivity index (χ1) is 10.3. The van der Waals surface area contributed by atoms with Crippen molar-refractivity contribution in [2.24, 2.45) is 7.05 Å². The summed E-state index contributed by atoms with van der Waals surface area (Å²) < 4.78 is 2.18. The molecule has 1 N–H and O–H groups in total. The molecule has 1 aromatic carbocycles. The van der Waals surface area contributed by atoms with Crippen molar-refractivity contribution in [3.8, 4) is 11.3 Å². The zero-order chi connectivity index (χ0) is 14.2. The lowest BCUT2D eigenvalue weighted by Gasteiger charge is -2.07. The Morgan fingerprint density at radius 2 is 1.95 bits per heavy atom. The number of nitrogens with zero attached hydrogens (tertiary/aromatic N) is 3. The quantitative estimate of drug-likeness (QED) is 0.781. The van der Waals surface area contributed by atoms with Crippen LogP contribution in [0.4, 0.5) is 5.82 Å². The third kappa shape index (κ3) is 2.09. The molecule has 0 fully saturated rings. The van der Waals surface area contributed by atoms with Crippen LogP contribution in [0.15, 0.2) is 55.0 Å². The van der Waals surface area contributed by atoms with Gasteiger partial charge in [0.1, 0.15) is 5.82 Å². The number of aryl methyl sites for hydroxylation is 1. The highest BCUT2D eigenvalue weighted by molar-refractivity contribution is 5.62. The van der Waals surface area contributed by atoms with Crippen molar-refractivity contribution in [3.63, 3.8) is 0 Å². The predicted molar refractivity (Wildman–Crippen MR) is 82.9 cm³/mol. The predicted octanol–water partition coefficient (Wildman–Crippen LogP) is 3.19. The maximum absolute atomic E-state index is 4.39. The van der Waals surface area contributed by atoms with Gasteiger partial charge in [0.2, 0.25) is 0 Å². The van der Waals surface area contributed by atoms with E-state index in [2.05, 4.69) is 63.4 Å². The van der Waals surface area contributed by atoms with Crippen LogP contribution in [0.3, 0.4) is 0 Å². The van der Waals surface area contributed by atoms with Gasteiger partial charge in [-0.25, -0.2) is 4.98 Å². The van der Waals surface area contributed by atoms with E-state index in [1.165, 1.54) is 16.8 Å². The minimum Gasteiger partial charge on any atom is -0.361 e. The number of aromatic nitrogens is 3. The van der Waals surface area contributed by atoms with E-state index < -0.39 is 0 Å². The summed E-state index contributed by atoms with van der Waals surface area (Å²) in [5, 5.41) is 3.46. The molecule has 0 spiro atoms. The molecule has 1 aliphatic rings. The Labute approximate surface area is 123 Å². The Morgan fingerprint density at radius 1 is 1.14 bits per heavy atom. The molecule has 3 heterocycles. The summed E-state index contributed by atoms with van der Waals surface area (Å²) in [5.74, 6) is 0.910. The molecule has 0 bridgehead atoms. The highest BCUT2D eigenvalue weighted by atomic mass is 15.1. The van der Waals surface area contributed by atoms with Gasteiger partial charge in [0.05, 0.1) is 11.7 Å². The third-order valence-corrected chi connectivity index (χ3v) is 3.98. The van der Waals surface area contributed by atoms with Crippen LogP contribution in [0.1, 0.15) is 17.3 Å². The Bertz CT molecular complexity index is 751. The number of nitrogens with one attached hydrogen (secondary N) is 1. The second-order valence-electron chi connectivity index (χ2n) is 5.39. The molecule has 2 aromatic heterocycles. The van der Waals surface area contributed by atoms with E-state index in [1.807, 2.05) is 6.07 Å². The highest BCUT2D eigenvalue weighted by Gasteiger charge is 2.25. The zero-order valence-electron chi connectivity index (χ0n) is 11.8. The molecular weight excluding hydrogens is 260 g/mol. The number of benzene rings is 1. The smallest absolute Gasteiger partial charge is 0.148 e. The van der Waals surface area contributed by atoms with E-state index in [4.69, 9.17) is 0 Å². The van der Waals surface area contributed by atoms with Crippen LogP contribution in [0.5, 0.6) is 0 Å². The Morgan fingerprint density at radius 3 is 2.76 bits per heavy atom. The Balaban J connectivity index is 1.67. The Kier molecular flexibility index (Phi) is 2.74. The summed E-state index contributed by atoms with van der Waals surface area (Å²) in [6, 6.07) is 13.0. The minimum absolute atomic E-state index is 0.256. The van der Waals surface area contributed by atoms with Crippen molar-refractivity contribution in [2.75, 3.05) is 5.32 Å². The van der Waals surface area contributed by atoms with Gasteiger partial charge >= 0.3 is 0 Å². The third-order valence-electron chi connectivity index (χ3n) is 3.98. The number of fused-ring (bicyclic) bond motifs is 1. The molecule has 0 saturated heterocycles. The molecule has 0 radical (unpaired) electrons. The Hall–Kier alpha value is -2.62. The van der Waals surface area contributed by atoms with E-state index >= 15 is 0 Å². The lowest BCUT2D eigenvalue weighted by molar-refractivity contribution is 0.803. The lowest BCUT2D eigenvalue weighted by Crippen LogP contribution is -2.04. The summed E-state index contributed by atoms with van der Waals surface area (Å²) in [6.07, 6.45) is 6.56. The maximum atomic E-state index is 4.39. The fourth-order valence-electron chi connectivity index (χ4n) is 2.92. The molecule has 0 aliphatic carbocycles. The van der Waals surface area contributed by atoms with Crippen molar-refractivity contribution in [1.29, 1.82) is 0 Å². The van der Waals surface area contributed by atoms with Crippen molar-refractivity contribution >= 4 is 5.82 Å². The van der Waals surface area contributed by atoms with E-state index in [1.54, 1.807) is 12.4 Å². The molecule has 0 saturated carbocycles. The van der Waals surface area contributed by atoms with Gasteiger partial charge in [0.15, 0.2) is 0 Å². The van der Waals surface area contributed by atoms with Gasteiger partial charge < -0.3 is 9.88 Å². The standard InChI is InChI=1S/C17H16N4/c1-21-11-13(9-16(21)12-5-3-2-4-6-12)14-10-15-17(20-14)19-8-7-18-15/h2-9,11,14H,10H2,1H3,(H,19,20). The molecule has 4 heteroatoms. The van der Waals surface area contributed by atoms with Crippen molar-refractivity contribution in [2.45, 2.75) is 12.5 Å². The van der Waals surface area contributed by atoms with Crippen LogP contribution >= 0.6 is 0 Å². The van der Waals surface area contributed by atoms with Crippen molar-refractivity contribution in [1.82, 2.24) is 14.5 Å². The lowest BCUT2D eigenvalue weighted by atomic mass is 10.1. The number of hydrogen-bond acceptors (Lipinski definition) is 3. The van der Waals surface area contributed by atoms with Crippen molar-refractivity contribution in [3.05, 3.63) is 66.2 Å². The average molecular weight is 276 g/mol. The number of rotatable bonds is 2. The zero-order valence-corrected chi connectivity index (χ0v) is 11.8. The van der Waals surface area contributed by atoms with Crippen LogP contribution in [0.25, 0.3) is 11.3 Å². The second-order valence-corrected chi connectivity index (χ2v) is 5.39. The van der Waals surface area contributed by atoms with E-state index in [0.29, 0.717) is 0 Å². The largest absolute Gasteiger partial charge is 0.361 e. The fraction of sp³-hybridized carbons (Fsp3) is 0.176. The summed E-state index contributed by atoms with van der Waals surface area (Å²) >= 11 is 0. The van der Waals surface area contributed by atoms with Crippen LogP contribution in [0.2, 0.25) is 0 Å². The summed E-state index contributed by atoms with van der Waals surface area (Å²) in [6.45, 7) is 0. The van der Waals surface area contributed by atoms with Crippen LogP contribution < -0.4 is 5.32 Å². The van der Waals surface area contributed by atoms with Gasteiger partial charge in [0.25, 0.3) is 0 Å². The number of hydrogen-bond donors (Lipinski definition) is 1. The topological polar surface area (TPSA) is 42.7 Å². The molecule has 4 nitrogen and oxygen atoms in total. The van der Waals surface area contributed by atoms with Gasteiger partial charge in [-0.1, -0.05) is 30.3 Å². The normalized spacial score (nSPS) is 16.5. The molecule has 4 rings (SSSR count). The van der Waals surface area contributed by atoms with Crippen molar-refractivity contribution < 1.29 is 0 Å². The molecule has 21 heavy (non-hydrogen) atoms. The van der Waals surface area contributed by atoms with E-state index in [9.17, 15) is 0 Å².